The van der Waals surface area contributed by atoms with Gasteiger partial charge < -0.3 is 4.74 Å². The fraction of sp³-hybridized carbons (Fsp3) is 0.929. The van der Waals surface area contributed by atoms with Crippen LogP contribution in [0.2, 0.25) is 0 Å². The average Bonchev–Trinajstić information content (AvgIpc) is 2.78. The molecule has 0 amide bonds. The summed E-state index contributed by atoms with van der Waals surface area (Å²) in [6.07, 6.45) is 7.30. The van der Waals surface area contributed by atoms with Crippen molar-refractivity contribution in [2.45, 2.75) is 58.4 Å². The smallest absolute Gasteiger partial charge is 0.323 e. The van der Waals surface area contributed by atoms with Crippen molar-refractivity contribution in [2.24, 2.45) is 5.92 Å². The van der Waals surface area contributed by atoms with Crippen LogP contribution in [0.25, 0.3) is 0 Å². The Morgan fingerprint density at radius 3 is 2.53 bits per heavy atom. The van der Waals surface area contributed by atoms with Crippen molar-refractivity contribution < 1.29 is 9.53 Å². The lowest BCUT2D eigenvalue weighted by Gasteiger charge is -2.28. The van der Waals surface area contributed by atoms with Crippen molar-refractivity contribution in [2.75, 3.05) is 20.2 Å². The molecule has 1 rings (SSSR count). The number of ether oxygens (including phenoxy) is 1. The van der Waals surface area contributed by atoms with Gasteiger partial charge in [0.15, 0.2) is 0 Å². The number of nitrogens with zero attached hydrogens (tertiary/aromatic N) is 1. The second kappa shape index (κ2) is 7.70. The quantitative estimate of drug-likeness (QED) is 0.642. The first kappa shape index (κ1) is 14.5. The molecule has 100 valence electrons. The first-order valence-electron chi connectivity index (χ1n) is 7.05. The Morgan fingerprint density at radius 1 is 1.35 bits per heavy atom. The van der Waals surface area contributed by atoms with Crippen molar-refractivity contribution in [1.29, 1.82) is 0 Å². The molecular weight excluding hydrogens is 214 g/mol. The number of carbonyl (C=O) groups excluding carboxylic acids is 1. The van der Waals surface area contributed by atoms with Crippen LogP contribution in [0.15, 0.2) is 0 Å². The number of hydrogen-bond acceptors (Lipinski definition) is 3. The lowest BCUT2D eigenvalue weighted by molar-refractivity contribution is -0.149. The molecule has 1 fully saturated rings. The molecule has 1 aliphatic rings. The number of hydrogen-bond donors (Lipinski definition) is 0. The van der Waals surface area contributed by atoms with Gasteiger partial charge in [0.25, 0.3) is 0 Å². The molecule has 0 radical (unpaired) electrons. The second-order valence-electron chi connectivity index (χ2n) is 5.15. The van der Waals surface area contributed by atoms with Gasteiger partial charge in [-0.3, -0.25) is 9.69 Å². The van der Waals surface area contributed by atoms with Gasteiger partial charge in [-0.05, 0) is 39.2 Å². The molecule has 17 heavy (non-hydrogen) atoms. The molecule has 0 heterocycles. The zero-order chi connectivity index (χ0) is 12.7. The van der Waals surface area contributed by atoms with Gasteiger partial charge in [0.05, 0.1) is 6.61 Å². The van der Waals surface area contributed by atoms with Crippen LogP contribution in [0, 0.1) is 5.92 Å². The molecule has 0 bridgehead atoms. The minimum absolute atomic E-state index is 0.0412. The lowest BCUT2D eigenvalue weighted by Crippen LogP contribution is -2.41. The zero-order valence-electron chi connectivity index (χ0n) is 11.6. The lowest BCUT2D eigenvalue weighted by atomic mass is 10.1. The second-order valence-corrected chi connectivity index (χ2v) is 5.15. The standard InChI is InChI=1S/C14H27NO2/c1-4-8-13(14(16)17-5-2)15(3)11-12-9-6-7-10-12/h12-13H,4-11H2,1-3H3. The molecule has 0 spiro atoms. The Bertz CT molecular complexity index is 224. The fourth-order valence-electron chi connectivity index (χ4n) is 2.76. The van der Waals surface area contributed by atoms with Crippen LogP contribution >= 0.6 is 0 Å². The highest BCUT2D eigenvalue weighted by Crippen LogP contribution is 2.26. The van der Waals surface area contributed by atoms with Crippen molar-refractivity contribution in [3.63, 3.8) is 0 Å². The largest absolute Gasteiger partial charge is 0.465 e. The molecule has 0 aliphatic heterocycles. The minimum atomic E-state index is -0.0464. The Labute approximate surface area is 106 Å². The molecule has 1 aliphatic carbocycles. The van der Waals surface area contributed by atoms with E-state index in [2.05, 4.69) is 18.9 Å². The van der Waals surface area contributed by atoms with E-state index in [1.54, 1.807) is 0 Å². The number of esters is 1. The third-order valence-corrected chi connectivity index (χ3v) is 3.67. The predicted octanol–water partition coefficient (Wildman–Crippen LogP) is 2.84. The van der Waals surface area contributed by atoms with Crippen LogP contribution in [0.4, 0.5) is 0 Å². The number of carbonyl (C=O) groups is 1. The Hall–Kier alpha value is -0.570. The predicted molar refractivity (Wildman–Crippen MR) is 69.9 cm³/mol. The Morgan fingerprint density at radius 2 is 2.00 bits per heavy atom. The van der Waals surface area contributed by atoms with E-state index in [1.165, 1.54) is 25.7 Å². The number of rotatable bonds is 7. The zero-order valence-corrected chi connectivity index (χ0v) is 11.6. The third kappa shape index (κ3) is 4.66. The summed E-state index contributed by atoms with van der Waals surface area (Å²) in [6.45, 7) is 5.52. The molecule has 1 saturated carbocycles. The van der Waals surface area contributed by atoms with Gasteiger partial charge in [0.1, 0.15) is 6.04 Å². The van der Waals surface area contributed by atoms with E-state index < -0.39 is 0 Å². The fourth-order valence-corrected chi connectivity index (χ4v) is 2.76. The molecule has 0 aromatic heterocycles. The molecule has 0 aromatic carbocycles. The Kier molecular flexibility index (Phi) is 6.56. The van der Waals surface area contributed by atoms with E-state index in [1.807, 2.05) is 6.92 Å². The highest BCUT2D eigenvalue weighted by atomic mass is 16.5. The van der Waals surface area contributed by atoms with Gasteiger partial charge in [-0.1, -0.05) is 26.2 Å². The van der Waals surface area contributed by atoms with Crippen LogP contribution < -0.4 is 0 Å². The van der Waals surface area contributed by atoms with Crippen molar-refractivity contribution in [1.82, 2.24) is 4.90 Å². The highest BCUT2D eigenvalue weighted by Gasteiger charge is 2.26. The molecule has 1 unspecified atom stereocenters. The average molecular weight is 241 g/mol. The van der Waals surface area contributed by atoms with E-state index in [0.29, 0.717) is 6.61 Å². The molecule has 0 aromatic rings. The molecule has 3 heteroatoms. The van der Waals surface area contributed by atoms with Crippen LogP contribution in [0.3, 0.4) is 0 Å². The maximum Gasteiger partial charge on any atom is 0.323 e. The van der Waals surface area contributed by atoms with Crippen molar-refractivity contribution in [3.8, 4) is 0 Å². The number of likely N-dealkylation sites (N-methyl/N-ethyl adjacent to an activating group) is 1. The summed E-state index contributed by atoms with van der Waals surface area (Å²) in [5, 5.41) is 0. The van der Waals surface area contributed by atoms with Crippen LogP contribution in [0.5, 0.6) is 0 Å². The summed E-state index contributed by atoms with van der Waals surface area (Å²) in [4.78, 5) is 14.1. The molecular formula is C14H27NO2. The van der Waals surface area contributed by atoms with E-state index >= 15 is 0 Å². The van der Waals surface area contributed by atoms with Gasteiger partial charge in [-0.25, -0.2) is 0 Å². The topological polar surface area (TPSA) is 29.5 Å². The summed E-state index contributed by atoms with van der Waals surface area (Å²) in [5.41, 5.74) is 0. The van der Waals surface area contributed by atoms with E-state index in [0.717, 1.165) is 25.3 Å². The third-order valence-electron chi connectivity index (χ3n) is 3.67. The van der Waals surface area contributed by atoms with Crippen LogP contribution in [-0.4, -0.2) is 37.1 Å². The summed E-state index contributed by atoms with van der Waals surface area (Å²) in [5.74, 6) is 0.739. The summed E-state index contributed by atoms with van der Waals surface area (Å²) in [7, 11) is 2.07. The summed E-state index contributed by atoms with van der Waals surface area (Å²) < 4.78 is 5.16. The Balaban J connectivity index is 2.46. The molecule has 3 nitrogen and oxygen atoms in total. The van der Waals surface area contributed by atoms with E-state index in [9.17, 15) is 4.79 Å². The molecule has 1 atom stereocenters. The summed E-state index contributed by atoms with van der Waals surface area (Å²) in [6, 6.07) is -0.0412. The van der Waals surface area contributed by atoms with E-state index in [-0.39, 0.29) is 12.0 Å². The van der Waals surface area contributed by atoms with Crippen LogP contribution in [0.1, 0.15) is 52.4 Å². The maximum atomic E-state index is 11.9. The highest BCUT2D eigenvalue weighted by molar-refractivity contribution is 5.75. The maximum absolute atomic E-state index is 11.9. The van der Waals surface area contributed by atoms with Gasteiger partial charge >= 0.3 is 5.97 Å². The first-order chi connectivity index (χ1) is 8.19. The van der Waals surface area contributed by atoms with Gasteiger partial charge in [0.2, 0.25) is 0 Å². The first-order valence-corrected chi connectivity index (χ1v) is 7.05. The summed E-state index contributed by atoms with van der Waals surface area (Å²) >= 11 is 0. The van der Waals surface area contributed by atoms with Gasteiger partial charge in [-0.2, -0.15) is 0 Å². The van der Waals surface area contributed by atoms with E-state index in [4.69, 9.17) is 4.74 Å². The van der Waals surface area contributed by atoms with Gasteiger partial charge in [-0.15, -0.1) is 0 Å². The van der Waals surface area contributed by atoms with Crippen molar-refractivity contribution in [3.05, 3.63) is 0 Å². The SMILES string of the molecule is CCCC(C(=O)OCC)N(C)CC1CCCC1. The van der Waals surface area contributed by atoms with Crippen LogP contribution in [-0.2, 0) is 9.53 Å². The molecule has 0 N–H and O–H groups in total. The van der Waals surface area contributed by atoms with Gasteiger partial charge in [0, 0.05) is 6.54 Å². The minimum Gasteiger partial charge on any atom is -0.465 e. The molecule has 0 saturated heterocycles. The normalized spacial score (nSPS) is 18.6. The monoisotopic (exact) mass is 241 g/mol. The van der Waals surface area contributed by atoms with Crippen molar-refractivity contribution >= 4 is 5.97 Å².